The summed E-state index contributed by atoms with van der Waals surface area (Å²) < 4.78 is 13.1. The summed E-state index contributed by atoms with van der Waals surface area (Å²) in [6, 6.07) is 25.7. The number of nitrogens with zero attached hydrogens (tertiary/aromatic N) is 9. The van der Waals surface area contributed by atoms with Gasteiger partial charge < -0.3 is 32.1 Å². The van der Waals surface area contributed by atoms with Crippen molar-refractivity contribution in [2.24, 2.45) is 0 Å². The molecule has 4 N–H and O–H groups in total. The largest absolute Gasteiger partial charge is 1.00 e. The third kappa shape index (κ3) is 21.3. The molecule has 20 nitrogen and oxygen atoms in total. The Balaban J connectivity index is 0.000000297. The molecule has 0 unspecified atom stereocenters. The SMILES string of the molecule is CCOC(=O)c1cn[nH]c1.CCOC(=O)c1cnn(Cc2ccc3ncc(Cl)cc3c2)c1.CCc1ccc2ncc(Cl)cc2c1.Cc1cc(N)nc(C)c1CNC(=O)c1cnn(Cc2ccc3ncc(Cl)cc3c2)c1.O=CO[O-].[H-].[K+].[K+]. The first-order chi connectivity index (χ1) is 38.1. The van der Waals surface area contributed by atoms with E-state index in [9.17, 15) is 14.4 Å². The smallest absolute Gasteiger partial charge is 1.00 e. The number of ether oxygens (including phenoxy) is 2. The van der Waals surface area contributed by atoms with Gasteiger partial charge in [0.25, 0.3) is 12.4 Å². The predicted octanol–water partition coefficient (Wildman–Crippen LogP) is 3.56. The molecule has 81 heavy (non-hydrogen) atoms. The number of hydrogen-bond donors (Lipinski definition) is 3. The van der Waals surface area contributed by atoms with Crippen LogP contribution in [0.1, 0.15) is 86.8 Å². The van der Waals surface area contributed by atoms with Gasteiger partial charge in [-0.2, -0.15) is 15.3 Å². The fourth-order valence-corrected chi connectivity index (χ4v) is 8.09. The van der Waals surface area contributed by atoms with Gasteiger partial charge in [-0.05, 0) is 123 Å². The summed E-state index contributed by atoms with van der Waals surface area (Å²) in [5.74, 6) is -0.404. The maximum atomic E-state index is 12.6. The first kappa shape index (κ1) is 68.0. The molecular formula is C56H55Cl3K2N12O8. The zero-order valence-electron chi connectivity index (χ0n) is 46.5. The van der Waals surface area contributed by atoms with Gasteiger partial charge >= 0.3 is 115 Å². The Morgan fingerprint density at radius 3 is 1.57 bits per heavy atom. The van der Waals surface area contributed by atoms with Gasteiger partial charge in [0, 0.05) is 65.6 Å². The van der Waals surface area contributed by atoms with E-state index in [1.165, 1.54) is 24.2 Å². The minimum absolute atomic E-state index is 0. The topological polar surface area (TPSA) is 273 Å². The zero-order chi connectivity index (χ0) is 56.8. The number of nitrogens with two attached hydrogens (primary N) is 1. The summed E-state index contributed by atoms with van der Waals surface area (Å²) in [4.78, 5) is 63.3. The molecule has 0 fully saturated rings. The number of rotatable bonds is 13. The second-order valence-corrected chi connectivity index (χ2v) is 18.3. The predicted molar refractivity (Wildman–Crippen MR) is 300 cm³/mol. The molecule has 0 aliphatic heterocycles. The molecule has 0 saturated carbocycles. The van der Waals surface area contributed by atoms with Crippen LogP contribution in [0.15, 0.2) is 135 Å². The number of H-pyrrole nitrogens is 1. The number of esters is 2. The molecule has 0 spiro atoms. The standard InChI is InChI=1S/C22H21ClN6O.C16H14ClN3O2.C11H10ClN.C6H8N2O2.CH2O3.2K.H/c1-13-5-21(24)28-14(2)19(13)10-26-22(30)17-8-27-29(12-17)11-15-3-4-20-16(6-15)7-18(23)9-25-20;1-2-22-16(21)13-7-19-20(10-13)9-11-3-4-15-12(5-11)6-14(17)8-18-15;1-2-8-3-4-11-9(5-8)6-10(12)7-13-11;1-2-10-6(9)5-3-7-8-4-5;2-1-4-3;;;/h3-9,12H,10-11H2,1-2H3,(H2,24,28)(H,26,30);3-8,10H,2,9H2,1H3;3-7H,2H2,1H3;3-4H,2H2,1H3,(H,7,8);1,3H;;;/q;;;;;2*+1;-1/p-1. The summed E-state index contributed by atoms with van der Waals surface area (Å²) in [5.41, 5.74) is 16.1. The monoisotopic (exact) mass is 1210 g/mol. The average Bonchev–Trinajstić information content (AvgIpc) is 4.32. The van der Waals surface area contributed by atoms with Crippen molar-refractivity contribution in [2.45, 2.75) is 60.7 Å². The van der Waals surface area contributed by atoms with Crippen LogP contribution in [0.5, 0.6) is 0 Å². The number of benzene rings is 3. The van der Waals surface area contributed by atoms with Gasteiger partial charge in [0.15, 0.2) is 0 Å². The van der Waals surface area contributed by atoms with E-state index in [4.69, 9.17) is 55.3 Å². The number of pyridine rings is 4. The van der Waals surface area contributed by atoms with Crippen LogP contribution >= 0.6 is 34.8 Å². The van der Waals surface area contributed by atoms with Crippen molar-refractivity contribution in [3.05, 3.63) is 200 Å². The van der Waals surface area contributed by atoms with Crippen LogP contribution in [0, 0.1) is 13.8 Å². The summed E-state index contributed by atoms with van der Waals surface area (Å²) in [5, 5.41) is 30.9. The van der Waals surface area contributed by atoms with E-state index in [1.54, 1.807) is 66.5 Å². The number of aromatic amines is 1. The van der Waals surface area contributed by atoms with Gasteiger partial charge in [-0.3, -0.25) is 39.0 Å². The van der Waals surface area contributed by atoms with Crippen LogP contribution < -0.4 is 119 Å². The quantitative estimate of drug-likeness (QED) is 0.0490. The molecule has 410 valence electrons. The number of halogens is 3. The van der Waals surface area contributed by atoms with Crippen molar-refractivity contribution in [3.8, 4) is 0 Å². The van der Waals surface area contributed by atoms with Crippen molar-refractivity contribution in [3.63, 3.8) is 0 Å². The molecule has 7 aromatic heterocycles. The van der Waals surface area contributed by atoms with Crippen LogP contribution in [-0.4, -0.2) is 87.2 Å². The number of anilines is 1. The van der Waals surface area contributed by atoms with E-state index in [0.29, 0.717) is 70.4 Å². The van der Waals surface area contributed by atoms with Gasteiger partial charge in [-0.1, -0.05) is 59.9 Å². The van der Waals surface area contributed by atoms with Gasteiger partial charge in [0.1, 0.15) is 5.82 Å². The number of nitrogen functional groups attached to an aromatic ring is 1. The Labute approximate surface area is 568 Å². The first-order valence-electron chi connectivity index (χ1n) is 24.3. The molecule has 0 saturated heterocycles. The van der Waals surface area contributed by atoms with Crippen molar-refractivity contribution >= 4 is 97.6 Å². The number of hydrogen-bond acceptors (Lipinski definition) is 16. The minimum Gasteiger partial charge on any atom is -1.00 e. The second-order valence-electron chi connectivity index (χ2n) is 17.0. The normalized spacial score (nSPS) is 10.1. The van der Waals surface area contributed by atoms with E-state index in [0.717, 1.165) is 67.1 Å². The Bertz CT molecular complexity index is 3670. The fraction of sp³-hybridized carbons (Fsp3) is 0.196. The van der Waals surface area contributed by atoms with Crippen molar-refractivity contribution in [1.29, 1.82) is 0 Å². The fourth-order valence-electron chi connectivity index (χ4n) is 7.59. The minimum atomic E-state index is -0.358. The molecule has 0 bridgehead atoms. The summed E-state index contributed by atoms with van der Waals surface area (Å²) in [7, 11) is 0. The maximum Gasteiger partial charge on any atom is 1.00 e. The second kappa shape index (κ2) is 34.8. The van der Waals surface area contributed by atoms with E-state index in [2.05, 4.69) is 74.3 Å². The van der Waals surface area contributed by atoms with Crippen LogP contribution in [0.4, 0.5) is 5.82 Å². The first-order valence-corrected chi connectivity index (χ1v) is 25.5. The van der Waals surface area contributed by atoms with Crippen LogP contribution in [0.25, 0.3) is 32.7 Å². The third-order valence-corrected chi connectivity index (χ3v) is 11.9. The number of carbonyl (C=O) groups excluding carboxylic acids is 4. The van der Waals surface area contributed by atoms with Gasteiger partial charge in [0.05, 0.1) is 93.2 Å². The van der Waals surface area contributed by atoms with Crippen molar-refractivity contribution in [1.82, 2.24) is 55.0 Å². The van der Waals surface area contributed by atoms with Crippen LogP contribution in [0.2, 0.25) is 15.1 Å². The van der Waals surface area contributed by atoms with Crippen LogP contribution in [-0.2, 0) is 45.2 Å². The van der Waals surface area contributed by atoms with Crippen molar-refractivity contribution in [2.75, 3.05) is 18.9 Å². The summed E-state index contributed by atoms with van der Waals surface area (Å²) >= 11 is 17.9. The number of fused-ring (bicyclic) bond motifs is 3. The van der Waals surface area contributed by atoms with Crippen molar-refractivity contribution < 1.29 is 143 Å². The Hall–Kier alpha value is -5.55. The molecule has 0 aliphatic carbocycles. The average molecular weight is 1210 g/mol. The van der Waals surface area contributed by atoms with Gasteiger partial charge in [0.2, 0.25) is 0 Å². The number of aryl methyl sites for hydroxylation is 3. The molecule has 10 aromatic rings. The molecule has 25 heteroatoms. The van der Waals surface area contributed by atoms with E-state index in [1.807, 2.05) is 74.5 Å². The summed E-state index contributed by atoms with van der Waals surface area (Å²) in [6.45, 7) is 11.6. The molecule has 7 heterocycles. The third-order valence-electron chi connectivity index (χ3n) is 11.3. The van der Waals surface area contributed by atoms with E-state index >= 15 is 0 Å². The Kier molecular flexibility index (Phi) is 29.2. The Morgan fingerprint density at radius 1 is 0.667 bits per heavy atom. The molecule has 0 radical (unpaired) electrons. The number of aromatic nitrogens is 10. The van der Waals surface area contributed by atoms with E-state index in [-0.39, 0.29) is 129 Å². The van der Waals surface area contributed by atoms with E-state index < -0.39 is 0 Å². The van der Waals surface area contributed by atoms with Gasteiger partial charge in [-0.15, -0.1) is 0 Å². The molecule has 1 amide bonds. The molecule has 10 rings (SSSR count). The van der Waals surface area contributed by atoms with Crippen LogP contribution in [0.3, 0.4) is 0 Å². The molecule has 0 atom stereocenters. The maximum absolute atomic E-state index is 12.6. The number of carbonyl (C=O) groups is 4. The number of nitrogens with one attached hydrogen (secondary N) is 2. The summed E-state index contributed by atoms with van der Waals surface area (Å²) in [6.07, 6.45) is 15.4. The molecular weight excluding hydrogens is 1150 g/mol. The molecule has 0 aliphatic rings. The number of amides is 1. The van der Waals surface area contributed by atoms with Gasteiger partial charge in [-0.25, -0.2) is 14.6 Å². The Morgan fingerprint density at radius 2 is 1.12 bits per heavy atom. The molecule has 3 aromatic carbocycles. The zero-order valence-corrected chi connectivity index (χ0v) is 54.0.